The van der Waals surface area contributed by atoms with Crippen LogP contribution in [0.5, 0.6) is 0 Å². The average molecular weight is 242 g/mol. The van der Waals surface area contributed by atoms with Gasteiger partial charge in [0.2, 0.25) is 5.91 Å². The predicted molar refractivity (Wildman–Crippen MR) is 69.2 cm³/mol. The van der Waals surface area contributed by atoms with E-state index in [0.29, 0.717) is 0 Å². The molecule has 92 valence electrons. The van der Waals surface area contributed by atoms with E-state index in [1.165, 1.54) is 0 Å². The lowest BCUT2D eigenvalue weighted by Crippen LogP contribution is -2.35. The van der Waals surface area contributed by atoms with E-state index >= 15 is 0 Å². The van der Waals surface area contributed by atoms with Crippen LogP contribution in [0.3, 0.4) is 0 Å². The molecule has 0 spiro atoms. The van der Waals surface area contributed by atoms with Crippen molar-refractivity contribution in [3.05, 3.63) is 30.6 Å². The van der Waals surface area contributed by atoms with E-state index in [1.54, 1.807) is 12.4 Å². The van der Waals surface area contributed by atoms with E-state index in [4.69, 9.17) is 0 Å². The van der Waals surface area contributed by atoms with Gasteiger partial charge in [0.25, 0.3) is 0 Å². The van der Waals surface area contributed by atoms with Crippen molar-refractivity contribution >= 4 is 22.6 Å². The lowest BCUT2D eigenvalue weighted by atomic mass is 10.2. The maximum Gasteiger partial charge on any atom is 0.241 e. The zero-order chi connectivity index (χ0) is 12.4. The molecule has 0 bridgehead atoms. The number of aromatic nitrogens is 2. The molecule has 0 aliphatic carbocycles. The number of nitrogens with one attached hydrogen (secondary N) is 2. The standard InChI is InChI=1S/C13H14N4O/c18-13(11-2-1-5-14-11)17-9-3-4-10-12(8-9)16-7-6-15-10/h3-4,6-8,11,14H,1-2,5H2,(H,17,18)/t11-/m0/s1. The Morgan fingerprint density at radius 3 is 2.89 bits per heavy atom. The van der Waals surface area contributed by atoms with Crippen molar-refractivity contribution in [3.8, 4) is 0 Å². The highest BCUT2D eigenvalue weighted by Crippen LogP contribution is 2.16. The SMILES string of the molecule is O=C(Nc1ccc2nccnc2c1)[C@@H]1CCCN1. The number of amides is 1. The minimum Gasteiger partial charge on any atom is -0.325 e. The van der Waals surface area contributed by atoms with Crippen molar-refractivity contribution in [2.45, 2.75) is 18.9 Å². The number of nitrogens with zero attached hydrogens (tertiary/aromatic N) is 2. The smallest absolute Gasteiger partial charge is 0.241 e. The number of carbonyl (C=O) groups excluding carboxylic acids is 1. The third-order valence-electron chi connectivity index (χ3n) is 3.11. The molecule has 1 saturated heterocycles. The van der Waals surface area contributed by atoms with Crippen molar-refractivity contribution in [1.29, 1.82) is 0 Å². The number of rotatable bonds is 2. The molecule has 1 atom stereocenters. The van der Waals surface area contributed by atoms with Gasteiger partial charge in [0.1, 0.15) is 0 Å². The van der Waals surface area contributed by atoms with Gasteiger partial charge in [-0.2, -0.15) is 0 Å². The summed E-state index contributed by atoms with van der Waals surface area (Å²) in [6, 6.07) is 5.49. The second kappa shape index (κ2) is 4.70. The van der Waals surface area contributed by atoms with Gasteiger partial charge in [-0.25, -0.2) is 0 Å². The van der Waals surface area contributed by atoms with E-state index in [-0.39, 0.29) is 11.9 Å². The first-order valence-electron chi connectivity index (χ1n) is 6.08. The molecule has 1 aliphatic rings. The lowest BCUT2D eigenvalue weighted by Gasteiger charge is -2.11. The third kappa shape index (κ3) is 2.17. The highest BCUT2D eigenvalue weighted by atomic mass is 16.2. The van der Waals surface area contributed by atoms with Crippen LogP contribution in [0.1, 0.15) is 12.8 Å². The summed E-state index contributed by atoms with van der Waals surface area (Å²) in [5.41, 5.74) is 2.38. The summed E-state index contributed by atoms with van der Waals surface area (Å²) in [5, 5.41) is 6.08. The molecule has 5 heteroatoms. The molecule has 0 unspecified atom stereocenters. The van der Waals surface area contributed by atoms with Crippen LogP contribution in [0.15, 0.2) is 30.6 Å². The van der Waals surface area contributed by atoms with Gasteiger partial charge in [-0.15, -0.1) is 0 Å². The number of hydrogen-bond donors (Lipinski definition) is 2. The van der Waals surface area contributed by atoms with Crippen LogP contribution in [0.4, 0.5) is 5.69 Å². The normalized spacial score (nSPS) is 19.0. The van der Waals surface area contributed by atoms with Crippen LogP contribution < -0.4 is 10.6 Å². The molecule has 18 heavy (non-hydrogen) atoms. The number of hydrogen-bond acceptors (Lipinski definition) is 4. The van der Waals surface area contributed by atoms with Crippen LogP contribution in [0.2, 0.25) is 0 Å². The largest absolute Gasteiger partial charge is 0.325 e. The molecule has 3 rings (SSSR count). The Kier molecular flexibility index (Phi) is 2.90. The quantitative estimate of drug-likeness (QED) is 0.833. The van der Waals surface area contributed by atoms with Crippen LogP contribution in [-0.2, 0) is 4.79 Å². The van der Waals surface area contributed by atoms with E-state index in [1.807, 2.05) is 18.2 Å². The fraction of sp³-hybridized carbons (Fsp3) is 0.308. The maximum atomic E-state index is 11.9. The summed E-state index contributed by atoms with van der Waals surface area (Å²) >= 11 is 0. The fourth-order valence-electron chi connectivity index (χ4n) is 2.18. The third-order valence-corrected chi connectivity index (χ3v) is 3.11. The van der Waals surface area contributed by atoms with Crippen molar-refractivity contribution in [2.75, 3.05) is 11.9 Å². The van der Waals surface area contributed by atoms with Crippen LogP contribution in [0, 0.1) is 0 Å². The molecular formula is C13H14N4O. The van der Waals surface area contributed by atoms with E-state index in [2.05, 4.69) is 20.6 Å². The Morgan fingerprint density at radius 1 is 1.28 bits per heavy atom. The zero-order valence-corrected chi connectivity index (χ0v) is 9.89. The van der Waals surface area contributed by atoms with Gasteiger partial charge in [0, 0.05) is 18.1 Å². The van der Waals surface area contributed by atoms with Gasteiger partial charge in [0.15, 0.2) is 0 Å². The number of benzene rings is 1. The molecule has 0 radical (unpaired) electrons. The van der Waals surface area contributed by atoms with E-state index < -0.39 is 0 Å². The Balaban J connectivity index is 1.79. The minimum absolute atomic E-state index is 0.0238. The summed E-state index contributed by atoms with van der Waals surface area (Å²) in [6.07, 6.45) is 5.26. The molecule has 2 heterocycles. The van der Waals surface area contributed by atoms with Crippen molar-refractivity contribution in [3.63, 3.8) is 0 Å². The lowest BCUT2D eigenvalue weighted by molar-refractivity contribution is -0.117. The summed E-state index contributed by atoms with van der Waals surface area (Å²) in [7, 11) is 0. The second-order valence-corrected chi connectivity index (χ2v) is 4.40. The van der Waals surface area contributed by atoms with Crippen molar-refractivity contribution in [1.82, 2.24) is 15.3 Å². The van der Waals surface area contributed by atoms with Crippen LogP contribution in [-0.4, -0.2) is 28.5 Å². The molecule has 1 fully saturated rings. The Morgan fingerprint density at radius 2 is 2.11 bits per heavy atom. The first-order valence-corrected chi connectivity index (χ1v) is 6.08. The zero-order valence-electron chi connectivity index (χ0n) is 9.89. The van der Waals surface area contributed by atoms with Gasteiger partial charge < -0.3 is 10.6 Å². The molecule has 1 aromatic carbocycles. The Hall–Kier alpha value is -2.01. The van der Waals surface area contributed by atoms with Crippen molar-refractivity contribution < 1.29 is 4.79 Å². The first-order chi connectivity index (χ1) is 8.83. The molecule has 0 saturated carbocycles. The predicted octanol–water partition coefficient (Wildman–Crippen LogP) is 1.32. The van der Waals surface area contributed by atoms with Gasteiger partial charge in [-0.05, 0) is 37.6 Å². The summed E-state index contributed by atoms with van der Waals surface area (Å²) in [5.74, 6) is 0.0238. The van der Waals surface area contributed by atoms with Crippen LogP contribution in [0.25, 0.3) is 11.0 Å². The van der Waals surface area contributed by atoms with Gasteiger partial charge in [0.05, 0.1) is 17.1 Å². The monoisotopic (exact) mass is 242 g/mol. The molecule has 1 aliphatic heterocycles. The molecule has 2 N–H and O–H groups in total. The molecule has 1 amide bonds. The van der Waals surface area contributed by atoms with Gasteiger partial charge in [-0.3, -0.25) is 14.8 Å². The molecule has 5 nitrogen and oxygen atoms in total. The first kappa shape index (κ1) is 11.1. The Bertz CT molecular complexity index is 578. The molecule has 1 aromatic heterocycles. The number of fused-ring (bicyclic) bond motifs is 1. The van der Waals surface area contributed by atoms with Crippen molar-refractivity contribution in [2.24, 2.45) is 0 Å². The average Bonchev–Trinajstić information content (AvgIpc) is 2.92. The van der Waals surface area contributed by atoms with Crippen LogP contribution >= 0.6 is 0 Å². The topological polar surface area (TPSA) is 66.9 Å². The number of carbonyl (C=O) groups is 1. The minimum atomic E-state index is -0.0671. The fourth-order valence-corrected chi connectivity index (χ4v) is 2.18. The second-order valence-electron chi connectivity index (χ2n) is 4.40. The van der Waals surface area contributed by atoms with E-state index in [0.717, 1.165) is 36.1 Å². The van der Waals surface area contributed by atoms with Gasteiger partial charge >= 0.3 is 0 Å². The number of anilines is 1. The Labute approximate surface area is 105 Å². The van der Waals surface area contributed by atoms with E-state index in [9.17, 15) is 4.79 Å². The summed E-state index contributed by atoms with van der Waals surface area (Å²) in [4.78, 5) is 20.3. The summed E-state index contributed by atoms with van der Waals surface area (Å²) in [6.45, 7) is 0.918. The summed E-state index contributed by atoms with van der Waals surface area (Å²) < 4.78 is 0. The molecular weight excluding hydrogens is 228 g/mol. The maximum absolute atomic E-state index is 11.9. The highest BCUT2D eigenvalue weighted by molar-refractivity contribution is 5.96. The molecule has 2 aromatic rings. The van der Waals surface area contributed by atoms with Gasteiger partial charge in [-0.1, -0.05) is 0 Å². The highest BCUT2D eigenvalue weighted by Gasteiger charge is 2.21.